The third-order valence-corrected chi connectivity index (χ3v) is 0.490. The number of nitrogens with one attached hydrogen (secondary N) is 1. The van der Waals surface area contributed by atoms with Gasteiger partial charge in [0, 0.05) is 0 Å². The van der Waals surface area contributed by atoms with E-state index in [2.05, 4.69) is 0 Å². The summed E-state index contributed by atoms with van der Waals surface area (Å²) in [5.41, 5.74) is 1.28. The van der Waals surface area contributed by atoms with Crippen LogP contribution in [0.2, 0.25) is 0 Å². The largest absolute Gasteiger partial charge is 1.00 e. The Balaban J connectivity index is 0. The van der Waals surface area contributed by atoms with Gasteiger partial charge in [-0.2, -0.15) is 0 Å². The molecule has 0 fully saturated rings. The molecule has 1 atom stereocenters. The van der Waals surface area contributed by atoms with Crippen LogP contribution in [0.3, 0.4) is 0 Å². The predicted octanol–water partition coefficient (Wildman–Crippen LogP) is -4.12. The molecule has 0 aromatic carbocycles. The summed E-state index contributed by atoms with van der Waals surface area (Å²) in [6.07, 6.45) is -1.13. The van der Waals surface area contributed by atoms with Gasteiger partial charge >= 0.3 is 29.6 Å². The second-order valence-electron chi connectivity index (χ2n) is 1.15. The average Bonchev–Trinajstić information content (AvgIpc) is 1.65. The molecule has 0 rings (SSSR count). The Morgan fingerprint density at radius 2 is 2.12 bits per heavy atom. The zero-order valence-corrected chi connectivity index (χ0v) is 6.88. The number of amides is 1. The van der Waals surface area contributed by atoms with E-state index in [0.29, 0.717) is 0 Å². The van der Waals surface area contributed by atoms with Gasteiger partial charge in [-0.15, -0.1) is 0 Å². The summed E-state index contributed by atoms with van der Waals surface area (Å²) in [7, 11) is 0. The number of hydroxylamine groups is 1. The molecule has 0 aliphatic carbocycles. The number of hydrogen-bond donors (Lipinski definition) is 3. The Morgan fingerprint density at radius 3 is 2.12 bits per heavy atom. The van der Waals surface area contributed by atoms with Gasteiger partial charge in [-0.1, -0.05) is 0 Å². The van der Waals surface area contributed by atoms with Crippen LogP contribution in [0.1, 0.15) is 6.92 Å². The van der Waals surface area contributed by atoms with Crippen molar-refractivity contribution in [3.05, 3.63) is 0 Å². The van der Waals surface area contributed by atoms with Crippen molar-refractivity contribution in [1.29, 1.82) is 0 Å². The van der Waals surface area contributed by atoms with Gasteiger partial charge in [0.05, 0.1) is 0 Å². The van der Waals surface area contributed by atoms with E-state index in [1.807, 2.05) is 0 Å². The van der Waals surface area contributed by atoms with Gasteiger partial charge in [0.15, 0.2) is 0 Å². The molecule has 0 radical (unpaired) electrons. The molecule has 5 heteroatoms. The Kier molecular flexibility index (Phi) is 7.75. The zero-order chi connectivity index (χ0) is 5.86. The summed E-state index contributed by atoms with van der Waals surface area (Å²) in [5.74, 6) is -0.792. The first-order valence-corrected chi connectivity index (χ1v) is 1.80. The van der Waals surface area contributed by atoms with Gasteiger partial charge in [0.2, 0.25) is 0 Å². The molecule has 0 saturated heterocycles. The van der Waals surface area contributed by atoms with E-state index in [-0.39, 0.29) is 29.6 Å². The van der Waals surface area contributed by atoms with Crippen molar-refractivity contribution in [2.24, 2.45) is 0 Å². The number of aliphatic hydroxyl groups excluding tert-OH is 1. The molecule has 0 saturated carbocycles. The fourth-order valence-electron chi connectivity index (χ4n) is 0.0934. The third kappa shape index (κ3) is 4.55. The normalized spacial score (nSPS) is 11.4. The molecule has 0 bridgehead atoms. The maximum Gasteiger partial charge on any atom is 1.00 e. The molecular formula is C3H7NNaO3+. The monoisotopic (exact) mass is 128 g/mol. The summed E-state index contributed by atoms with van der Waals surface area (Å²) < 4.78 is 0. The van der Waals surface area contributed by atoms with Crippen LogP contribution < -0.4 is 35.0 Å². The van der Waals surface area contributed by atoms with Gasteiger partial charge < -0.3 is 5.11 Å². The van der Waals surface area contributed by atoms with Crippen LogP contribution in [0.4, 0.5) is 0 Å². The fourth-order valence-corrected chi connectivity index (χ4v) is 0.0934. The zero-order valence-electron chi connectivity index (χ0n) is 4.88. The van der Waals surface area contributed by atoms with E-state index in [1.54, 1.807) is 0 Å². The van der Waals surface area contributed by atoms with E-state index in [9.17, 15) is 4.79 Å². The first-order chi connectivity index (χ1) is 3.18. The molecular weight excluding hydrogens is 121 g/mol. The maximum absolute atomic E-state index is 9.90. The molecule has 0 spiro atoms. The van der Waals surface area contributed by atoms with Crippen LogP contribution in [-0.4, -0.2) is 22.3 Å². The smallest absolute Gasteiger partial charge is 0.383 e. The molecule has 4 nitrogen and oxygen atoms in total. The molecule has 0 aliphatic heterocycles. The van der Waals surface area contributed by atoms with Crippen LogP contribution in [0.5, 0.6) is 0 Å². The van der Waals surface area contributed by atoms with E-state index < -0.39 is 12.0 Å². The summed E-state index contributed by atoms with van der Waals surface area (Å²) >= 11 is 0. The van der Waals surface area contributed by atoms with Crippen molar-refractivity contribution in [3.8, 4) is 0 Å². The number of hydrogen-bond acceptors (Lipinski definition) is 3. The predicted molar refractivity (Wildman–Crippen MR) is 21.6 cm³/mol. The van der Waals surface area contributed by atoms with Crippen molar-refractivity contribution in [2.75, 3.05) is 0 Å². The standard InChI is InChI=1S/C3H7NO3.Na/c1-2(5)3(6)4-7;/h2,5,7H,1H3,(H,4,6);/q;+1. The van der Waals surface area contributed by atoms with Gasteiger partial charge in [0.25, 0.3) is 5.91 Å². The second kappa shape index (κ2) is 5.53. The first kappa shape index (κ1) is 11.2. The van der Waals surface area contributed by atoms with Crippen LogP contribution in [0.25, 0.3) is 0 Å². The minimum atomic E-state index is -1.13. The number of carbonyl (C=O) groups is 1. The van der Waals surface area contributed by atoms with Gasteiger partial charge in [-0.3, -0.25) is 10.0 Å². The molecule has 42 valence electrons. The van der Waals surface area contributed by atoms with Crippen molar-refractivity contribution in [1.82, 2.24) is 5.48 Å². The molecule has 8 heavy (non-hydrogen) atoms. The van der Waals surface area contributed by atoms with E-state index >= 15 is 0 Å². The van der Waals surface area contributed by atoms with Crippen LogP contribution >= 0.6 is 0 Å². The van der Waals surface area contributed by atoms with Crippen molar-refractivity contribution >= 4 is 5.91 Å². The molecule has 3 N–H and O–H groups in total. The Labute approximate surface area is 69.1 Å². The number of aliphatic hydroxyl groups is 1. The van der Waals surface area contributed by atoms with Crippen molar-refractivity contribution in [3.63, 3.8) is 0 Å². The minimum Gasteiger partial charge on any atom is -0.383 e. The van der Waals surface area contributed by atoms with Crippen LogP contribution in [0, 0.1) is 0 Å². The third-order valence-electron chi connectivity index (χ3n) is 0.490. The Hall–Kier alpha value is 0.390. The molecule has 1 unspecified atom stereocenters. The molecule has 0 heterocycles. The second-order valence-corrected chi connectivity index (χ2v) is 1.15. The van der Waals surface area contributed by atoms with Crippen molar-refractivity contribution < 1.29 is 44.7 Å². The molecule has 0 aromatic heterocycles. The topological polar surface area (TPSA) is 69.6 Å². The van der Waals surface area contributed by atoms with Crippen LogP contribution in [-0.2, 0) is 4.79 Å². The average molecular weight is 128 g/mol. The maximum atomic E-state index is 9.90. The quantitative estimate of drug-likeness (QED) is 0.191. The van der Waals surface area contributed by atoms with E-state index in [1.165, 1.54) is 12.4 Å². The van der Waals surface area contributed by atoms with Gasteiger partial charge in [-0.25, -0.2) is 5.48 Å². The first-order valence-electron chi connectivity index (χ1n) is 1.80. The minimum absolute atomic E-state index is 0. The van der Waals surface area contributed by atoms with Crippen molar-refractivity contribution in [2.45, 2.75) is 13.0 Å². The number of carbonyl (C=O) groups excluding carboxylic acids is 1. The SMILES string of the molecule is CC(O)C(=O)NO.[Na+]. The van der Waals surface area contributed by atoms with E-state index in [0.717, 1.165) is 0 Å². The van der Waals surface area contributed by atoms with Gasteiger partial charge in [0.1, 0.15) is 6.10 Å². The van der Waals surface area contributed by atoms with Gasteiger partial charge in [-0.05, 0) is 6.92 Å². The molecule has 0 aromatic rings. The summed E-state index contributed by atoms with van der Waals surface area (Å²) in [6.45, 7) is 1.26. The fraction of sp³-hybridized carbons (Fsp3) is 0.667. The summed E-state index contributed by atoms with van der Waals surface area (Å²) in [5, 5.41) is 16.0. The molecule has 0 aliphatic rings. The van der Waals surface area contributed by atoms with E-state index in [4.69, 9.17) is 10.3 Å². The summed E-state index contributed by atoms with van der Waals surface area (Å²) in [4.78, 5) is 9.90. The Morgan fingerprint density at radius 1 is 1.75 bits per heavy atom. The Bertz CT molecular complexity index is 74.9. The summed E-state index contributed by atoms with van der Waals surface area (Å²) in [6, 6.07) is 0. The van der Waals surface area contributed by atoms with Crippen LogP contribution in [0.15, 0.2) is 0 Å². The molecule has 1 amide bonds. The number of rotatable bonds is 1.